The third kappa shape index (κ3) is 1.16. The molecule has 0 saturated carbocycles. The zero-order valence-corrected chi connectivity index (χ0v) is 7.90. The summed E-state index contributed by atoms with van der Waals surface area (Å²) >= 11 is 0. The normalized spacial score (nSPS) is 10.7. The van der Waals surface area contributed by atoms with Crippen LogP contribution in [-0.2, 0) is 0 Å². The van der Waals surface area contributed by atoms with Gasteiger partial charge in [-0.25, -0.2) is 0 Å². The summed E-state index contributed by atoms with van der Waals surface area (Å²) < 4.78 is 5.30. The van der Waals surface area contributed by atoms with Crippen LogP contribution >= 0.6 is 0 Å². The maximum atomic E-state index is 10.8. The van der Waals surface area contributed by atoms with Crippen molar-refractivity contribution in [2.45, 2.75) is 13.8 Å². The van der Waals surface area contributed by atoms with E-state index in [1.165, 1.54) is 0 Å². The number of nitro groups is 1. The molecule has 0 bridgehead atoms. The Morgan fingerprint density at radius 2 is 2.07 bits per heavy atom. The van der Waals surface area contributed by atoms with Gasteiger partial charge in [0.15, 0.2) is 0 Å². The van der Waals surface area contributed by atoms with E-state index < -0.39 is 4.92 Å². The molecule has 0 spiro atoms. The van der Waals surface area contributed by atoms with E-state index in [0.717, 1.165) is 5.39 Å². The van der Waals surface area contributed by atoms with Crippen LogP contribution in [0.1, 0.15) is 11.3 Å². The van der Waals surface area contributed by atoms with Crippen LogP contribution in [0.15, 0.2) is 22.6 Å². The Balaban J connectivity index is 2.88. The molecule has 1 aromatic heterocycles. The first-order valence-corrected chi connectivity index (χ1v) is 4.24. The average Bonchev–Trinajstić information content (AvgIpc) is 2.43. The first-order chi connectivity index (χ1) is 6.59. The minimum absolute atomic E-state index is 0.0654. The van der Waals surface area contributed by atoms with Crippen molar-refractivity contribution in [3.63, 3.8) is 0 Å². The van der Waals surface area contributed by atoms with Gasteiger partial charge in [-0.15, -0.1) is 0 Å². The standard InChI is InChI=1S/C10H9NO3/c1-6-3-4-8-5-7(2)14-10(8)9(6)11(12)13/h3-5H,1-2H3. The molecule has 1 heterocycles. The quantitative estimate of drug-likeness (QED) is 0.514. The van der Waals surface area contributed by atoms with Crippen LogP contribution in [-0.4, -0.2) is 4.92 Å². The highest BCUT2D eigenvalue weighted by atomic mass is 16.6. The van der Waals surface area contributed by atoms with Crippen molar-refractivity contribution >= 4 is 16.7 Å². The Bertz CT molecular complexity index is 513. The zero-order valence-electron chi connectivity index (χ0n) is 7.90. The van der Waals surface area contributed by atoms with Crippen LogP contribution in [0.3, 0.4) is 0 Å². The highest BCUT2D eigenvalue weighted by Crippen LogP contribution is 2.31. The Hall–Kier alpha value is -1.84. The molecule has 0 fully saturated rings. The van der Waals surface area contributed by atoms with Gasteiger partial charge >= 0.3 is 5.69 Å². The molecule has 4 nitrogen and oxygen atoms in total. The number of hydrogen-bond donors (Lipinski definition) is 0. The molecule has 0 saturated heterocycles. The van der Waals surface area contributed by atoms with Gasteiger partial charge in [-0.1, -0.05) is 12.1 Å². The zero-order chi connectivity index (χ0) is 10.3. The number of benzene rings is 1. The molecule has 0 unspecified atom stereocenters. The summed E-state index contributed by atoms with van der Waals surface area (Å²) in [4.78, 5) is 10.4. The van der Waals surface area contributed by atoms with Gasteiger partial charge in [-0.2, -0.15) is 0 Å². The van der Waals surface area contributed by atoms with E-state index in [-0.39, 0.29) is 5.69 Å². The van der Waals surface area contributed by atoms with E-state index in [2.05, 4.69) is 0 Å². The van der Waals surface area contributed by atoms with Crippen LogP contribution in [0.2, 0.25) is 0 Å². The largest absolute Gasteiger partial charge is 0.454 e. The van der Waals surface area contributed by atoms with Crippen LogP contribution in [0.5, 0.6) is 0 Å². The summed E-state index contributed by atoms with van der Waals surface area (Å²) in [7, 11) is 0. The Morgan fingerprint density at radius 3 is 2.71 bits per heavy atom. The van der Waals surface area contributed by atoms with Crippen molar-refractivity contribution in [3.05, 3.63) is 39.6 Å². The molecule has 0 aliphatic rings. The fraction of sp³-hybridized carbons (Fsp3) is 0.200. The molecule has 72 valence electrons. The number of fused-ring (bicyclic) bond motifs is 1. The maximum Gasteiger partial charge on any atom is 0.315 e. The third-order valence-electron chi connectivity index (χ3n) is 2.17. The van der Waals surface area contributed by atoms with E-state index in [0.29, 0.717) is 16.9 Å². The van der Waals surface area contributed by atoms with Crippen LogP contribution in [0.25, 0.3) is 11.0 Å². The molecule has 0 radical (unpaired) electrons. The second-order valence-electron chi connectivity index (χ2n) is 3.26. The third-order valence-corrected chi connectivity index (χ3v) is 2.17. The number of aryl methyl sites for hydroxylation is 2. The number of furan rings is 1. The van der Waals surface area contributed by atoms with Gasteiger partial charge in [0.2, 0.25) is 5.58 Å². The Labute approximate surface area is 80.3 Å². The molecule has 14 heavy (non-hydrogen) atoms. The topological polar surface area (TPSA) is 56.3 Å². The number of hydrogen-bond acceptors (Lipinski definition) is 3. The minimum Gasteiger partial charge on any atom is -0.454 e. The lowest BCUT2D eigenvalue weighted by Crippen LogP contribution is -1.91. The molecule has 0 N–H and O–H groups in total. The summed E-state index contributed by atoms with van der Waals surface area (Å²) in [5, 5.41) is 11.6. The van der Waals surface area contributed by atoms with Gasteiger partial charge in [0.05, 0.1) is 4.92 Å². The highest BCUT2D eigenvalue weighted by Gasteiger charge is 2.18. The average molecular weight is 191 g/mol. The van der Waals surface area contributed by atoms with Crippen molar-refractivity contribution in [3.8, 4) is 0 Å². The molecule has 4 heteroatoms. The minimum atomic E-state index is -0.402. The second-order valence-corrected chi connectivity index (χ2v) is 3.26. The summed E-state index contributed by atoms with van der Waals surface area (Å²) in [6.07, 6.45) is 0. The van der Waals surface area contributed by atoms with Gasteiger partial charge < -0.3 is 4.42 Å². The SMILES string of the molecule is Cc1cc2ccc(C)c([N+](=O)[O-])c2o1. The summed E-state index contributed by atoms with van der Waals surface area (Å²) in [5.74, 6) is 0.689. The Kier molecular flexibility index (Phi) is 1.77. The van der Waals surface area contributed by atoms with Gasteiger partial charge in [0, 0.05) is 10.9 Å². The van der Waals surface area contributed by atoms with Gasteiger partial charge in [0.1, 0.15) is 5.76 Å². The van der Waals surface area contributed by atoms with E-state index in [4.69, 9.17) is 4.42 Å². The molecule has 2 rings (SSSR count). The fourth-order valence-electron chi connectivity index (χ4n) is 1.54. The lowest BCUT2D eigenvalue weighted by atomic mass is 10.1. The van der Waals surface area contributed by atoms with Crippen molar-refractivity contribution < 1.29 is 9.34 Å². The smallest absolute Gasteiger partial charge is 0.315 e. The lowest BCUT2D eigenvalue weighted by molar-refractivity contribution is -0.384. The summed E-state index contributed by atoms with van der Waals surface area (Å²) in [6.45, 7) is 3.48. The Morgan fingerprint density at radius 1 is 1.36 bits per heavy atom. The number of nitro benzene ring substituents is 1. The second kappa shape index (κ2) is 2.83. The van der Waals surface area contributed by atoms with Crippen molar-refractivity contribution in [1.29, 1.82) is 0 Å². The molecule has 0 amide bonds. The van der Waals surface area contributed by atoms with Crippen molar-refractivity contribution in [2.24, 2.45) is 0 Å². The van der Waals surface area contributed by atoms with Gasteiger partial charge in [-0.05, 0) is 19.9 Å². The van der Waals surface area contributed by atoms with E-state index in [1.54, 1.807) is 26.0 Å². The highest BCUT2D eigenvalue weighted by molar-refractivity contribution is 5.87. The number of nitrogens with zero attached hydrogens (tertiary/aromatic N) is 1. The predicted molar refractivity (Wildman–Crippen MR) is 52.3 cm³/mol. The first kappa shape index (κ1) is 8.74. The molecule has 2 aromatic rings. The van der Waals surface area contributed by atoms with E-state index in [1.807, 2.05) is 6.07 Å². The lowest BCUT2D eigenvalue weighted by Gasteiger charge is -1.96. The molecular weight excluding hydrogens is 182 g/mol. The number of rotatable bonds is 1. The monoisotopic (exact) mass is 191 g/mol. The predicted octanol–water partition coefficient (Wildman–Crippen LogP) is 2.96. The summed E-state index contributed by atoms with van der Waals surface area (Å²) in [5.41, 5.74) is 1.06. The van der Waals surface area contributed by atoms with Gasteiger partial charge in [0.25, 0.3) is 0 Å². The van der Waals surface area contributed by atoms with E-state index >= 15 is 0 Å². The van der Waals surface area contributed by atoms with Crippen LogP contribution < -0.4 is 0 Å². The molecule has 0 aliphatic heterocycles. The fourth-order valence-corrected chi connectivity index (χ4v) is 1.54. The molecule has 1 aromatic carbocycles. The molecule has 0 aliphatic carbocycles. The van der Waals surface area contributed by atoms with Crippen LogP contribution in [0.4, 0.5) is 5.69 Å². The maximum absolute atomic E-state index is 10.8. The summed E-state index contributed by atoms with van der Waals surface area (Å²) in [6, 6.07) is 5.35. The van der Waals surface area contributed by atoms with Crippen LogP contribution in [0, 0.1) is 24.0 Å². The first-order valence-electron chi connectivity index (χ1n) is 4.24. The molecule has 0 atom stereocenters. The molecular formula is C10H9NO3. The van der Waals surface area contributed by atoms with E-state index in [9.17, 15) is 10.1 Å². The van der Waals surface area contributed by atoms with Crippen molar-refractivity contribution in [1.82, 2.24) is 0 Å². The van der Waals surface area contributed by atoms with Gasteiger partial charge in [-0.3, -0.25) is 10.1 Å². The van der Waals surface area contributed by atoms with Crippen molar-refractivity contribution in [2.75, 3.05) is 0 Å².